The highest BCUT2D eigenvalue weighted by atomic mass is 16.5. The number of amides is 2. The van der Waals surface area contributed by atoms with Crippen molar-refractivity contribution in [3.05, 3.63) is 54.1 Å². The monoisotopic (exact) mass is 350 g/mol. The SMILES string of the molecule is CN1C(=O)COc2c(NC(=O)CC(c3ccccc3)C3CC3)cccc21. The van der Waals surface area contributed by atoms with Gasteiger partial charge in [0.25, 0.3) is 5.91 Å². The van der Waals surface area contributed by atoms with Gasteiger partial charge in [-0.15, -0.1) is 0 Å². The van der Waals surface area contributed by atoms with Crippen molar-refractivity contribution in [1.82, 2.24) is 0 Å². The number of carbonyl (C=O) groups excluding carboxylic acids is 2. The summed E-state index contributed by atoms with van der Waals surface area (Å²) in [4.78, 5) is 26.1. The van der Waals surface area contributed by atoms with Crippen LogP contribution in [0.1, 0.15) is 30.7 Å². The Bertz CT molecular complexity index is 830. The minimum atomic E-state index is -0.0983. The number of fused-ring (bicyclic) bond motifs is 1. The maximum Gasteiger partial charge on any atom is 0.264 e. The number of nitrogens with zero attached hydrogens (tertiary/aromatic N) is 1. The molecule has 1 aliphatic heterocycles. The van der Waals surface area contributed by atoms with Crippen LogP contribution in [0.15, 0.2) is 48.5 Å². The molecule has 26 heavy (non-hydrogen) atoms. The van der Waals surface area contributed by atoms with E-state index in [1.807, 2.05) is 36.4 Å². The molecule has 0 aromatic heterocycles. The fourth-order valence-electron chi connectivity index (χ4n) is 3.56. The van der Waals surface area contributed by atoms with Crippen LogP contribution in [-0.4, -0.2) is 25.5 Å². The standard InChI is InChI=1S/C21H22N2O3/c1-23-18-9-5-8-17(21(18)26-13-20(23)25)22-19(24)12-16(15-10-11-15)14-6-3-2-4-7-14/h2-9,15-16H,10-13H2,1H3,(H,22,24). The Balaban J connectivity index is 1.51. The van der Waals surface area contributed by atoms with Crippen molar-refractivity contribution in [3.63, 3.8) is 0 Å². The largest absolute Gasteiger partial charge is 0.479 e. The van der Waals surface area contributed by atoms with Crippen molar-refractivity contribution in [1.29, 1.82) is 0 Å². The third-order valence-electron chi connectivity index (χ3n) is 5.17. The predicted octanol–water partition coefficient (Wildman–Crippen LogP) is 3.56. The van der Waals surface area contributed by atoms with Crippen LogP contribution in [0.25, 0.3) is 0 Å². The van der Waals surface area contributed by atoms with Gasteiger partial charge in [0.15, 0.2) is 12.4 Å². The number of rotatable bonds is 5. The van der Waals surface area contributed by atoms with Gasteiger partial charge in [0, 0.05) is 13.5 Å². The number of benzene rings is 2. The van der Waals surface area contributed by atoms with Gasteiger partial charge in [-0.2, -0.15) is 0 Å². The zero-order chi connectivity index (χ0) is 18.1. The summed E-state index contributed by atoms with van der Waals surface area (Å²) in [5.41, 5.74) is 2.53. The molecule has 5 nitrogen and oxygen atoms in total. The molecule has 0 bridgehead atoms. The average Bonchev–Trinajstić information content (AvgIpc) is 3.49. The normalized spacial score (nSPS) is 17.3. The molecule has 0 saturated heterocycles. The number of ether oxygens (including phenoxy) is 1. The second-order valence-electron chi connectivity index (χ2n) is 7.00. The second kappa shape index (κ2) is 6.83. The molecule has 1 aliphatic carbocycles. The van der Waals surface area contributed by atoms with Crippen LogP contribution < -0.4 is 15.0 Å². The van der Waals surface area contributed by atoms with E-state index in [2.05, 4.69) is 17.4 Å². The molecule has 1 saturated carbocycles. The van der Waals surface area contributed by atoms with E-state index in [1.54, 1.807) is 11.9 Å². The molecule has 1 atom stereocenters. The highest BCUT2D eigenvalue weighted by molar-refractivity contribution is 6.01. The van der Waals surface area contributed by atoms with Crippen LogP contribution in [0.3, 0.4) is 0 Å². The maximum absolute atomic E-state index is 12.7. The van der Waals surface area contributed by atoms with E-state index in [-0.39, 0.29) is 24.3 Å². The molecule has 2 aromatic rings. The van der Waals surface area contributed by atoms with E-state index in [0.717, 1.165) is 0 Å². The third-order valence-corrected chi connectivity index (χ3v) is 5.17. The van der Waals surface area contributed by atoms with Crippen LogP contribution in [0.5, 0.6) is 5.75 Å². The predicted molar refractivity (Wildman–Crippen MR) is 101 cm³/mol. The molecule has 134 valence electrons. The molecular weight excluding hydrogens is 328 g/mol. The Morgan fingerprint density at radius 1 is 1.19 bits per heavy atom. The number of para-hydroxylation sites is 1. The first-order valence-electron chi connectivity index (χ1n) is 9.00. The average molecular weight is 350 g/mol. The Labute approximate surface area is 153 Å². The summed E-state index contributed by atoms with van der Waals surface area (Å²) in [6.45, 7) is -0.00883. The Morgan fingerprint density at radius 3 is 2.69 bits per heavy atom. The molecular formula is C21H22N2O3. The number of hydrogen-bond donors (Lipinski definition) is 1. The van der Waals surface area contributed by atoms with Crippen molar-refractivity contribution in [2.24, 2.45) is 5.92 Å². The summed E-state index contributed by atoms with van der Waals surface area (Å²) in [7, 11) is 1.72. The molecule has 4 rings (SSSR count). The van der Waals surface area contributed by atoms with Gasteiger partial charge in [-0.05, 0) is 42.4 Å². The van der Waals surface area contributed by atoms with Crippen LogP contribution in [0, 0.1) is 5.92 Å². The van der Waals surface area contributed by atoms with E-state index in [4.69, 9.17) is 4.74 Å². The first-order valence-corrected chi connectivity index (χ1v) is 9.00. The summed E-state index contributed by atoms with van der Waals surface area (Å²) in [6, 6.07) is 15.7. The highest BCUT2D eigenvalue weighted by Crippen LogP contribution is 2.45. The molecule has 0 radical (unpaired) electrons. The van der Waals surface area contributed by atoms with E-state index >= 15 is 0 Å². The van der Waals surface area contributed by atoms with Gasteiger partial charge in [0.1, 0.15) is 0 Å². The minimum Gasteiger partial charge on any atom is -0.479 e. The van der Waals surface area contributed by atoms with Crippen LogP contribution >= 0.6 is 0 Å². The zero-order valence-corrected chi connectivity index (χ0v) is 14.8. The first-order chi connectivity index (χ1) is 12.6. The van der Waals surface area contributed by atoms with Gasteiger partial charge < -0.3 is 15.0 Å². The van der Waals surface area contributed by atoms with Gasteiger partial charge in [0.2, 0.25) is 5.91 Å². The van der Waals surface area contributed by atoms with Crippen molar-refractivity contribution in [2.75, 3.05) is 23.9 Å². The molecule has 2 amide bonds. The van der Waals surface area contributed by atoms with Crippen LogP contribution in [0.2, 0.25) is 0 Å². The Hall–Kier alpha value is -2.82. The lowest BCUT2D eigenvalue weighted by molar-refractivity contribution is -0.121. The van der Waals surface area contributed by atoms with Gasteiger partial charge in [0.05, 0.1) is 11.4 Å². The number of carbonyl (C=O) groups is 2. The van der Waals surface area contributed by atoms with Gasteiger partial charge in [-0.1, -0.05) is 36.4 Å². The summed E-state index contributed by atoms with van der Waals surface area (Å²) in [5.74, 6) is 1.28. The molecule has 1 N–H and O–H groups in total. The van der Waals surface area contributed by atoms with E-state index in [0.29, 0.717) is 29.5 Å². The third kappa shape index (κ3) is 3.29. The van der Waals surface area contributed by atoms with Gasteiger partial charge >= 0.3 is 0 Å². The fraction of sp³-hybridized carbons (Fsp3) is 0.333. The number of likely N-dealkylation sites (N-methyl/N-ethyl adjacent to an activating group) is 1. The lowest BCUT2D eigenvalue weighted by Gasteiger charge is -2.27. The molecule has 1 unspecified atom stereocenters. The molecule has 1 heterocycles. The van der Waals surface area contributed by atoms with Crippen molar-refractivity contribution in [3.8, 4) is 5.75 Å². The zero-order valence-electron chi connectivity index (χ0n) is 14.8. The van der Waals surface area contributed by atoms with Gasteiger partial charge in [-0.3, -0.25) is 9.59 Å². The quantitative estimate of drug-likeness (QED) is 0.897. The van der Waals surface area contributed by atoms with Crippen molar-refractivity contribution >= 4 is 23.2 Å². The fourth-order valence-corrected chi connectivity index (χ4v) is 3.56. The smallest absolute Gasteiger partial charge is 0.264 e. The van der Waals surface area contributed by atoms with Crippen molar-refractivity contribution < 1.29 is 14.3 Å². The molecule has 0 spiro atoms. The first kappa shape index (κ1) is 16.6. The summed E-state index contributed by atoms with van der Waals surface area (Å²) < 4.78 is 5.58. The molecule has 5 heteroatoms. The second-order valence-corrected chi connectivity index (χ2v) is 7.00. The topological polar surface area (TPSA) is 58.6 Å². The number of anilines is 2. The maximum atomic E-state index is 12.7. The Morgan fingerprint density at radius 2 is 1.96 bits per heavy atom. The van der Waals surface area contributed by atoms with Crippen LogP contribution in [-0.2, 0) is 9.59 Å². The number of hydrogen-bond acceptors (Lipinski definition) is 3. The highest BCUT2D eigenvalue weighted by Gasteiger charge is 2.34. The van der Waals surface area contributed by atoms with Crippen LogP contribution in [0.4, 0.5) is 11.4 Å². The summed E-state index contributed by atoms with van der Waals surface area (Å²) in [5, 5.41) is 2.99. The number of nitrogens with one attached hydrogen (secondary N) is 1. The Kier molecular flexibility index (Phi) is 4.37. The molecule has 2 aliphatic rings. The van der Waals surface area contributed by atoms with Crippen molar-refractivity contribution in [2.45, 2.75) is 25.2 Å². The van der Waals surface area contributed by atoms with E-state index < -0.39 is 0 Å². The minimum absolute atomic E-state index is 0.00883. The van der Waals surface area contributed by atoms with E-state index in [9.17, 15) is 9.59 Å². The summed E-state index contributed by atoms with van der Waals surface area (Å²) >= 11 is 0. The lowest BCUT2D eigenvalue weighted by Crippen LogP contribution is -2.35. The molecule has 1 fully saturated rings. The molecule has 2 aromatic carbocycles. The summed E-state index contributed by atoms with van der Waals surface area (Å²) in [6.07, 6.45) is 2.82. The lowest BCUT2D eigenvalue weighted by atomic mass is 9.91. The van der Waals surface area contributed by atoms with E-state index in [1.165, 1.54) is 18.4 Å². The van der Waals surface area contributed by atoms with Gasteiger partial charge in [-0.25, -0.2) is 0 Å².